The molecule has 4 bridgehead atoms. The van der Waals surface area contributed by atoms with Crippen molar-refractivity contribution in [2.75, 3.05) is 6.61 Å². The molecule has 3 heterocycles. The number of aliphatic hydroxyl groups is 3. The number of ether oxygens (including phenoxy) is 3. The molecule has 29 heavy (non-hydrogen) atoms. The first-order chi connectivity index (χ1) is 13.4. The van der Waals surface area contributed by atoms with Crippen LogP contribution in [0.2, 0.25) is 0 Å². The summed E-state index contributed by atoms with van der Waals surface area (Å²) in [4.78, 5) is 0. The van der Waals surface area contributed by atoms with Crippen molar-refractivity contribution in [3.63, 3.8) is 0 Å². The van der Waals surface area contributed by atoms with Gasteiger partial charge in [-0.05, 0) is 56.4 Å². The number of hydrogen-bond acceptors (Lipinski definition) is 6. The Balaban J connectivity index is 1.67. The van der Waals surface area contributed by atoms with Crippen LogP contribution in [0.25, 0.3) is 0 Å². The zero-order valence-electron chi connectivity index (χ0n) is 17.9. The van der Waals surface area contributed by atoms with Gasteiger partial charge in [0.25, 0.3) is 0 Å². The van der Waals surface area contributed by atoms with E-state index in [0.717, 1.165) is 24.8 Å². The predicted molar refractivity (Wildman–Crippen MR) is 103 cm³/mol. The Hall–Kier alpha value is -0.500. The van der Waals surface area contributed by atoms with Gasteiger partial charge < -0.3 is 29.5 Å². The van der Waals surface area contributed by atoms with Crippen molar-refractivity contribution >= 4 is 0 Å². The first-order valence-corrected chi connectivity index (χ1v) is 11.2. The molecule has 10 atom stereocenters. The number of fused-ring (bicyclic) bond motifs is 2. The van der Waals surface area contributed by atoms with Crippen LogP contribution in [0.5, 0.6) is 0 Å². The summed E-state index contributed by atoms with van der Waals surface area (Å²) in [6.45, 7) is 12.8. The van der Waals surface area contributed by atoms with Crippen molar-refractivity contribution in [1.29, 1.82) is 0 Å². The van der Waals surface area contributed by atoms with E-state index < -0.39 is 34.6 Å². The molecule has 0 amide bonds. The van der Waals surface area contributed by atoms with Gasteiger partial charge in [0.15, 0.2) is 5.79 Å². The highest BCUT2D eigenvalue weighted by Gasteiger charge is 2.86. The van der Waals surface area contributed by atoms with Crippen molar-refractivity contribution in [3.05, 3.63) is 12.2 Å². The Morgan fingerprint density at radius 2 is 1.79 bits per heavy atom. The molecule has 4 aliphatic carbocycles. The van der Waals surface area contributed by atoms with Gasteiger partial charge in [-0.25, -0.2) is 0 Å². The monoisotopic (exact) mass is 406 g/mol. The summed E-state index contributed by atoms with van der Waals surface area (Å²) in [5, 5.41) is 35.2. The van der Waals surface area contributed by atoms with Gasteiger partial charge >= 0.3 is 0 Å². The molecule has 6 heteroatoms. The minimum Gasteiger partial charge on any atom is -0.388 e. The van der Waals surface area contributed by atoms with E-state index in [4.69, 9.17) is 14.2 Å². The van der Waals surface area contributed by atoms with Crippen LogP contribution in [0, 0.1) is 34.0 Å². The molecule has 0 radical (unpaired) electrons. The normalized spacial score (nSPS) is 61.2. The second-order valence-corrected chi connectivity index (χ2v) is 11.8. The SMILES string of the molecule is C=C1[C@@H]2C[C@@H]3OC(C)(C)O[C@H]4CCC(C)(C)C5[C@H](O)[C@]6(O)OC[C@]54C3[C@@]6(C2)[C@@H]1O. The topological polar surface area (TPSA) is 88.4 Å². The van der Waals surface area contributed by atoms with Crippen LogP contribution in [-0.4, -0.2) is 57.9 Å². The van der Waals surface area contributed by atoms with Gasteiger partial charge in [0, 0.05) is 17.3 Å². The minimum atomic E-state index is -1.81. The Morgan fingerprint density at radius 1 is 1.07 bits per heavy atom. The van der Waals surface area contributed by atoms with Crippen LogP contribution in [0.4, 0.5) is 0 Å². The van der Waals surface area contributed by atoms with E-state index in [1.807, 2.05) is 13.8 Å². The van der Waals surface area contributed by atoms with Gasteiger partial charge in [-0.2, -0.15) is 0 Å². The largest absolute Gasteiger partial charge is 0.388 e. The van der Waals surface area contributed by atoms with E-state index in [0.29, 0.717) is 13.0 Å². The lowest BCUT2D eigenvalue weighted by molar-refractivity contribution is -0.468. The maximum absolute atomic E-state index is 12.0. The van der Waals surface area contributed by atoms with E-state index >= 15 is 0 Å². The van der Waals surface area contributed by atoms with Crippen LogP contribution in [-0.2, 0) is 14.2 Å². The zero-order valence-corrected chi connectivity index (χ0v) is 17.9. The molecular formula is C23H34O6. The molecule has 3 saturated heterocycles. The molecule has 2 unspecified atom stereocenters. The zero-order chi connectivity index (χ0) is 20.8. The van der Waals surface area contributed by atoms with Crippen molar-refractivity contribution in [1.82, 2.24) is 0 Å². The van der Waals surface area contributed by atoms with Gasteiger partial charge in [-0.15, -0.1) is 0 Å². The Bertz CT molecular complexity index is 792. The first kappa shape index (κ1) is 19.2. The summed E-state index contributed by atoms with van der Waals surface area (Å²) in [6.07, 6.45) is 0.753. The van der Waals surface area contributed by atoms with Gasteiger partial charge in [-0.3, -0.25) is 0 Å². The highest BCUT2D eigenvalue weighted by atomic mass is 16.7. The number of rotatable bonds is 0. The Morgan fingerprint density at radius 3 is 2.52 bits per heavy atom. The summed E-state index contributed by atoms with van der Waals surface area (Å²) in [5.74, 6) is -2.88. The number of hydrogen-bond donors (Lipinski definition) is 3. The standard InChI is InChI=1S/C23H34O6/c1-11-12-8-13-15-21-10-27-23(26,22(15,9-12)17(11)24)18(25)16(21)19(2,3)7-6-14(21)29-20(4,5)28-13/h12-18,24-26H,1,6-10H2,2-5H3/t12-,13+,14+,15?,16?,17-,18+,21+,22+,23+/m1/s1. The maximum atomic E-state index is 12.0. The summed E-state index contributed by atoms with van der Waals surface area (Å²) in [7, 11) is 0. The van der Waals surface area contributed by atoms with Gasteiger partial charge in [0.2, 0.25) is 5.79 Å². The van der Waals surface area contributed by atoms with Crippen LogP contribution < -0.4 is 0 Å². The van der Waals surface area contributed by atoms with Crippen LogP contribution in [0.3, 0.4) is 0 Å². The maximum Gasteiger partial charge on any atom is 0.201 e. The molecular weight excluding hydrogens is 372 g/mol. The lowest BCUT2D eigenvalue weighted by Crippen LogP contribution is -2.85. The molecule has 0 aromatic rings. The molecule has 0 aromatic heterocycles. The Labute approximate surface area is 172 Å². The third-order valence-electron chi connectivity index (χ3n) is 9.83. The highest BCUT2D eigenvalue weighted by Crippen LogP contribution is 2.78. The molecule has 3 N–H and O–H groups in total. The molecule has 7 fully saturated rings. The van der Waals surface area contributed by atoms with Crippen molar-refractivity contribution in [2.24, 2.45) is 34.0 Å². The Kier molecular flexibility index (Phi) is 3.38. The minimum absolute atomic E-state index is 0.0456. The first-order valence-electron chi connectivity index (χ1n) is 11.2. The quantitative estimate of drug-likeness (QED) is 0.533. The van der Waals surface area contributed by atoms with Crippen molar-refractivity contribution in [3.8, 4) is 0 Å². The predicted octanol–water partition coefficient (Wildman–Crippen LogP) is 1.97. The summed E-state index contributed by atoms with van der Waals surface area (Å²) >= 11 is 0. The summed E-state index contributed by atoms with van der Waals surface area (Å²) < 4.78 is 19.4. The average Bonchev–Trinajstić information content (AvgIpc) is 2.75. The third-order valence-corrected chi connectivity index (χ3v) is 9.83. The smallest absolute Gasteiger partial charge is 0.201 e. The second kappa shape index (κ2) is 5.11. The average molecular weight is 407 g/mol. The van der Waals surface area contributed by atoms with Crippen LogP contribution in [0.1, 0.15) is 53.4 Å². The molecule has 3 aliphatic heterocycles. The van der Waals surface area contributed by atoms with Gasteiger partial charge in [-0.1, -0.05) is 20.4 Å². The lowest BCUT2D eigenvalue weighted by atomic mass is 9.35. The fraction of sp³-hybridized carbons (Fsp3) is 0.913. The van der Waals surface area contributed by atoms with E-state index in [-0.39, 0.29) is 35.4 Å². The van der Waals surface area contributed by atoms with Crippen molar-refractivity contribution in [2.45, 2.75) is 89.4 Å². The van der Waals surface area contributed by atoms with Crippen LogP contribution >= 0.6 is 0 Å². The molecule has 4 saturated carbocycles. The fourth-order valence-corrected chi connectivity index (χ4v) is 9.09. The second-order valence-electron chi connectivity index (χ2n) is 11.8. The molecule has 0 aromatic carbocycles. The highest BCUT2D eigenvalue weighted by molar-refractivity contribution is 5.36. The van der Waals surface area contributed by atoms with E-state index in [9.17, 15) is 15.3 Å². The summed E-state index contributed by atoms with van der Waals surface area (Å²) in [6, 6.07) is 0. The third kappa shape index (κ3) is 1.84. The fourth-order valence-electron chi connectivity index (χ4n) is 9.09. The van der Waals surface area contributed by atoms with Gasteiger partial charge in [0.05, 0.1) is 30.3 Å². The summed E-state index contributed by atoms with van der Waals surface area (Å²) in [5.41, 5.74) is -0.964. The van der Waals surface area contributed by atoms with E-state index in [1.54, 1.807) is 0 Å². The molecule has 162 valence electrons. The van der Waals surface area contributed by atoms with E-state index in [2.05, 4.69) is 20.4 Å². The van der Waals surface area contributed by atoms with Gasteiger partial charge in [0.1, 0.15) is 6.10 Å². The van der Waals surface area contributed by atoms with Crippen molar-refractivity contribution < 1.29 is 29.5 Å². The molecule has 7 aliphatic rings. The number of aliphatic hydroxyl groups excluding tert-OH is 2. The molecule has 7 rings (SSSR count). The lowest BCUT2D eigenvalue weighted by Gasteiger charge is -2.75. The molecule has 2 spiro atoms. The molecule has 6 nitrogen and oxygen atoms in total. The van der Waals surface area contributed by atoms with Crippen LogP contribution in [0.15, 0.2) is 12.2 Å². The van der Waals surface area contributed by atoms with E-state index in [1.165, 1.54) is 0 Å².